The summed E-state index contributed by atoms with van der Waals surface area (Å²) in [5.74, 6) is 0.0972. The van der Waals surface area contributed by atoms with E-state index in [9.17, 15) is 9.59 Å². The van der Waals surface area contributed by atoms with Crippen LogP contribution in [0.25, 0.3) is 20.2 Å². The maximum absolute atomic E-state index is 12.7. The van der Waals surface area contributed by atoms with Crippen molar-refractivity contribution in [3.05, 3.63) is 92.1 Å². The summed E-state index contributed by atoms with van der Waals surface area (Å²) in [7, 11) is 1.58. The second-order valence-electron chi connectivity index (χ2n) is 7.51. The van der Waals surface area contributed by atoms with E-state index < -0.39 is 5.97 Å². The largest absolute Gasteiger partial charge is 0.497 e. The molecule has 5 aromatic rings. The topological polar surface area (TPSA) is 77.0 Å². The lowest BCUT2D eigenvalue weighted by Gasteiger charge is -2.03. The van der Waals surface area contributed by atoms with Crippen molar-refractivity contribution in [2.75, 3.05) is 7.11 Å². The maximum Gasteiger partial charge on any atom is 0.355 e. The number of benzene rings is 3. The molecule has 0 radical (unpaired) electrons. The maximum atomic E-state index is 12.7. The van der Waals surface area contributed by atoms with Crippen molar-refractivity contribution in [2.24, 2.45) is 5.10 Å². The zero-order chi connectivity index (χ0) is 25.2. The quantitative estimate of drug-likeness (QED) is 0.102. The van der Waals surface area contributed by atoms with E-state index >= 15 is 0 Å². The highest BCUT2D eigenvalue weighted by Crippen LogP contribution is 2.38. The number of carbonyl (C=O) groups is 2. The number of methoxy groups -OCH3 is 1. The Labute approximate surface area is 223 Å². The Balaban J connectivity index is 1.23. The summed E-state index contributed by atoms with van der Waals surface area (Å²) in [5.41, 5.74) is 3.19. The van der Waals surface area contributed by atoms with Crippen LogP contribution in [0.4, 0.5) is 0 Å². The monoisotopic (exact) mass is 554 g/mol. The minimum atomic E-state index is -0.547. The van der Waals surface area contributed by atoms with Crippen molar-refractivity contribution in [1.29, 1.82) is 0 Å². The summed E-state index contributed by atoms with van der Waals surface area (Å²) in [5, 5.41) is 6.36. The van der Waals surface area contributed by atoms with E-state index in [0.717, 1.165) is 20.2 Å². The Bertz CT molecular complexity index is 1640. The average Bonchev–Trinajstić information content (AvgIpc) is 3.41. The summed E-state index contributed by atoms with van der Waals surface area (Å²) in [6, 6.07) is 19.7. The first-order valence-electron chi connectivity index (χ1n) is 10.5. The fourth-order valence-electron chi connectivity index (χ4n) is 3.46. The highest BCUT2D eigenvalue weighted by Gasteiger charge is 2.20. The number of hydrogen-bond donors (Lipinski definition) is 1. The van der Waals surface area contributed by atoms with Gasteiger partial charge in [0.2, 0.25) is 0 Å². The van der Waals surface area contributed by atoms with Crippen LogP contribution in [0.15, 0.2) is 71.8 Å². The standard InChI is InChI=1S/C26H16Cl2N2O4S2/c1-33-16-10-11-18-20(12-16)36-24(22(18)28)26(32)34-15-8-6-14(7-9-15)13-29-30-25(31)23-21(27)17-4-2-3-5-19(17)35-23/h2-13H,1H3,(H,30,31)/b29-13-. The van der Waals surface area contributed by atoms with E-state index in [0.29, 0.717) is 36.9 Å². The van der Waals surface area contributed by atoms with Gasteiger partial charge in [-0.05, 0) is 54.1 Å². The molecule has 0 bridgehead atoms. The van der Waals surface area contributed by atoms with Crippen molar-refractivity contribution in [3.8, 4) is 11.5 Å². The molecule has 2 heterocycles. The molecular formula is C26H16Cl2N2O4S2. The number of fused-ring (bicyclic) bond motifs is 2. The summed E-state index contributed by atoms with van der Waals surface area (Å²) >= 11 is 15.3. The summed E-state index contributed by atoms with van der Waals surface area (Å²) in [4.78, 5) is 25.9. The van der Waals surface area contributed by atoms with Crippen LogP contribution >= 0.6 is 45.9 Å². The van der Waals surface area contributed by atoms with Crippen molar-refractivity contribution in [3.63, 3.8) is 0 Å². The molecule has 10 heteroatoms. The third-order valence-corrected chi connectivity index (χ3v) is 8.54. The third kappa shape index (κ3) is 4.81. The highest BCUT2D eigenvalue weighted by molar-refractivity contribution is 7.22. The molecule has 0 fully saturated rings. The zero-order valence-corrected chi connectivity index (χ0v) is 21.7. The summed E-state index contributed by atoms with van der Waals surface area (Å²) in [6.45, 7) is 0. The van der Waals surface area contributed by atoms with Gasteiger partial charge in [-0.1, -0.05) is 41.4 Å². The van der Waals surface area contributed by atoms with Gasteiger partial charge < -0.3 is 9.47 Å². The first-order chi connectivity index (χ1) is 17.4. The van der Waals surface area contributed by atoms with Gasteiger partial charge in [0.15, 0.2) is 0 Å². The van der Waals surface area contributed by atoms with E-state index in [1.54, 1.807) is 37.4 Å². The molecule has 5 rings (SSSR count). The van der Waals surface area contributed by atoms with E-state index in [2.05, 4.69) is 10.5 Å². The van der Waals surface area contributed by atoms with Crippen molar-refractivity contribution in [1.82, 2.24) is 5.43 Å². The van der Waals surface area contributed by atoms with Crippen molar-refractivity contribution in [2.45, 2.75) is 0 Å². The van der Waals surface area contributed by atoms with Crippen LogP contribution < -0.4 is 14.9 Å². The van der Waals surface area contributed by atoms with E-state index in [4.69, 9.17) is 32.7 Å². The van der Waals surface area contributed by atoms with Crippen molar-refractivity contribution < 1.29 is 19.1 Å². The number of halogens is 2. The van der Waals surface area contributed by atoms with Gasteiger partial charge in [-0.3, -0.25) is 4.79 Å². The smallest absolute Gasteiger partial charge is 0.355 e. The number of ether oxygens (including phenoxy) is 2. The molecule has 0 saturated carbocycles. The number of hydrogen-bond acceptors (Lipinski definition) is 7. The Hall–Kier alpha value is -3.43. The molecule has 0 spiro atoms. The third-order valence-electron chi connectivity index (χ3n) is 5.23. The Morgan fingerprint density at radius 2 is 1.53 bits per heavy atom. The lowest BCUT2D eigenvalue weighted by molar-refractivity contribution is 0.0739. The normalized spacial score (nSPS) is 11.3. The molecule has 0 aliphatic rings. The molecule has 1 amide bonds. The summed E-state index contributed by atoms with van der Waals surface area (Å²) < 4.78 is 12.5. The molecule has 0 aliphatic heterocycles. The first-order valence-corrected chi connectivity index (χ1v) is 12.9. The van der Waals surface area contributed by atoms with Crippen LogP contribution in [0.5, 0.6) is 11.5 Å². The predicted octanol–water partition coefficient (Wildman–Crippen LogP) is 7.41. The average molecular weight is 555 g/mol. The number of rotatable bonds is 6. The van der Waals surface area contributed by atoms with Gasteiger partial charge in [-0.25, -0.2) is 10.2 Å². The zero-order valence-electron chi connectivity index (χ0n) is 18.6. The molecule has 6 nitrogen and oxygen atoms in total. The van der Waals surface area contributed by atoms with Gasteiger partial charge in [0.1, 0.15) is 21.3 Å². The second-order valence-corrected chi connectivity index (χ2v) is 10.4. The van der Waals surface area contributed by atoms with Crippen LogP contribution in [-0.4, -0.2) is 25.2 Å². The predicted molar refractivity (Wildman–Crippen MR) is 147 cm³/mol. The summed E-state index contributed by atoms with van der Waals surface area (Å²) in [6.07, 6.45) is 1.49. The fourth-order valence-corrected chi connectivity index (χ4v) is 6.28. The van der Waals surface area contributed by atoms with Gasteiger partial charge >= 0.3 is 5.97 Å². The number of amides is 1. The van der Waals surface area contributed by atoms with Gasteiger partial charge in [-0.2, -0.15) is 5.10 Å². The molecule has 2 aromatic heterocycles. The van der Waals surface area contributed by atoms with Gasteiger partial charge in [-0.15, -0.1) is 22.7 Å². The van der Waals surface area contributed by atoms with Crippen molar-refractivity contribution >= 4 is 84.1 Å². The molecule has 0 aliphatic carbocycles. The van der Waals surface area contributed by atoms with Crippen LogP contribution in [0.2, 0.25) is 10.0 Å². The molecular weight excluding hydrogens is 539 g/mol. The van der Waals surface area contributed by atoms with E-state index in [1.807, 2.05) is 36.4 Å². The molecule has 36 heavy (non-hydrogen) atoms. The number of nitrogens with zero attached hydrogens (tertiary/aromatic N) is 1. The number of esters is 1. The van der Waals surface area contributed by atoms with Crippen LogP contribution in [-0.2, 0) is 0 Å². The number of thiophene rings is 2. The Kier molecular flexibility index (Phi) is 6.93. The molecule has 1 N–H and O–H groups in total. The SMILES string of the molecule is COc1ccc2c(Cl)c(C(=O)Oc3ccc(/C=N\NC(=O)c4sc5ccccc5c4Cl)cc3)sc2c1. The minimum absolute atomic E-state index is 0.313. The lowest BCUT2D eigenvalue weighted by Crippen LogP contribution is -2.16. The second kappa shape index (κ2) is 10.3. The lowest BCUT2D eigenvalue weighted by atomic mass is 10.2. The fraction of sp³-hybridized carbons (Fsp3) is 0.0385. The van der Waals surface area contributed by atoms with E-state index in [1.165, 1.54) is 28.9 Å². The highest BCUT2D eigenvalue weighted by atomic mass is 35.5. The molecule has 0 atom stereocenters. The van der Waals surface area contributed by atoms with Crippen LogP contribution in [0.3, 0.4) is 0 Å². The molecule has 180 valence electrons. The number of nitrogens with one attached hydrogen (secondary N) is 1. The van der Waals surface area contributed by atoms with E-state index in [-0.39, 0.29) is 5.91 Å². The van der Waals surface area contributed by atoms with Crippen LogP contribution in [0, 0.1) is 0 Å². The van der Waals surface area contributed by atoms with Gasteiger partial charge in [0.25, 0.3) is 5.91 Å². The first kappa shape index (κ1) is 24.3. The molecule has 0 unspecified atom stereocenters. The Morgan fingerprint density at radius 3 is 2.28 bits per heavy atom. The number of hydrazone groups is 1. The Morgan fingerprint density at radius 1 is 0.861 bits per heavy atom. The molecule has 3 aromatic carbocycles. The molecule has 0 saturated heterocycles. The number of carbonyl (C=O) groups excluding carboxylic acids is 2. The van der Waals surface area contributed by atoms with Crippen LogP contribution in [0.1, 0.15) is 24.9 Å². The van der Waals surface area contributed by atoms with Gasteiger partial charge in [0.05, 0.1) is 23.4 Å². The minimum Gasteiger partial charge on any atom is -0.497 e. The van der Waals surface area contributed by atoms with Gasteiger partial charge in [0, 0.05) is 20.2 Å².